The van der Waals surface area contributed by atoms with E-state index < -0.39 is 0 Å². The van der Waals surface area contributed by atoms with Gasteiger partial charge in [-0.2, -0.15) is 0 Å². The first-order valence-electron chi connectivity index (χ1n) is 6.24. The van der Waals surface area contributed by atoms with Crippen LogP contribution in [-0.4, -0.2) is 27.9 Å². The van der Waals surface area contributed by atoms with E-state index in [1.54, 1.807) is 21.3 Å². The second-order valence-electron chi connectivity index (χ2n) is 4.65. The van der Waals surface area contributed by atoms with Crippen LogP contribution in [0.5, 0.6) is 17.2 Å². The summed E-state index contributed by atoms with van der Waals surface area (Å²) >= 11 is 0. The summed E-state index contributed by atoms with van der Waals surface area (Å²) in [5.74, 6) is 2.88. The average Bonchev–Trinajstić information content (AvgIpc) is 2.83. The highest BCUT2D eigenvalue weighted by Gasteiger charge is 2.28. The Labute approximate surface area is 108 Å². The Morgan fingerprint density at radius 1 is 1.00 bits per heavy atom. The second kappa shape index (κ2) is 5.48. The molecule has 18 heavy (non-hydrogen) atoms. The monoisotopic (exact) mass is 251 g/mol. The molecule has 2 unspecified atom stereocenters. The van der Waals surface area contributed by atoms with Gasteiger partial charge in [-0.15, -0.1) is 0 Å². The molecule has 1 aliphatic heterocycles. The topological polar surface area (TPSA) is 39.7 Å². The van der Waals surface area contributed by atoms with Crippen molar-refractivity contribution in [3.8, 4) is 17.2 Å². The molecule has 4 heteroatoms. The van der Waals surface area contributed by atoms with Gasteiger partial charge < -0.3 is 19.5 Å². The maximum absolute atomic E-state index is 5.47. The maximum Gasteiger partial charge on any atom is 0.164 e. The van der Waals surface area contributed by atoms with Gasteiger partial charge in [-0.25, -0.2) is 0 Å². The fourth-order valence-corrected chi connectivity index (χ4v) is 2.55. The quantitative estimate of drug-likeness (QED) is 0.892. The van der Waals surface area contributed by atoms with E-state index >= 15 is 0 Å². The molecule has 100 valence electrons. The lowest BCUT2D eigenvalue weighted by molar-refractivity contribution is 0.344. The molecule has 0 radical (unpaired) electrons. The van der Waals surface area contributed by atoms with E-state index in [1.807, 2.05) is 12.1 Å². The lowest BCUT2D eigenvalue weighted by Gasteiger charge is -2.21. The van der Waals surface area contributed by atoms with Crippen LogP contribution in [0.15, 0.2) is 12.1 Å². The van der Waals surface area contributed by atoms with Crippen LogP contribution in [0.4, 0.5) is 0 Å². The number of ether oxygens (including phenoxy) is 3. The maximum atomic E-state index is 5.47. The molecule has 1 saturated heterocycles. The Morgan fingerprint density at radius 3 is 2.11 bits per heavy atom. The molecule has 0 amide bonds. The van der Waals surface area contributed by atoms with E-state index in [4.69, 9.17) is 14.2 Å². The number of nitrogens with one attached hydrogen (secondary N) is 1. The Bertz CT molecular complexity index is 420. The van der Waals surface area contributed by atoms with Gasteiger partial charge in [-0.3, -0.25) is 0 Å². The van der Waals surface area contributed by atoms with Crippen LogP contribution in [0.25, 0.3) is 0 Å². The van der Waals surface area contributed by atoms with Gasteiger partial charge in [0.25, 0.3) is 0 Å². The van der Waals surface area contributed by atoms with Gasteiger partial charge in [0.1, 0.15) is 5.75 Å². The normalized spacial score (nSPS) is 22.9. The van der Waals surface area contributed by atoms with Gasteiger partial charge in [-0.05, 0) is 24.9 Å². The van der Waals surface area contributed by atoms with E-state index in [-0.39, 0.29) is 0 Å². The fraction of sp³-hybridized carbons (Fsp3) is 0.571. The van der Waals surface area contributed by atoms with Crippen molar-refractivity contribution in [2.45, 2.75) is 19.4 Å². The van der Waals surface area contributed by atoms with E-state index in [9.17, 15) is 0 Å². The molecule has 1 fully saturated rings. The molecule has 1 N–H and O–H groups in total. The van der Waals surface area contributed by atoms with Crippen molar-refractivity contribution in [2.24, 2.45) is 5.92 Å². The van der Waals surface area contributed by atoms with Gasteiger partial charge in [0.2, 0.25) is 0 Å². The highest BCUT2D eigenvalue weighted by atomic mass is 16.5. The first-order valence-corrected chi connectivity index (χ1v) is 6.24. The van der Waals surface area contributed by atoms with Gasteiger partial charge in [0, 0.05) is 17.7 Å². The van der Waals surface area contributed by atoms with Crippen molar-refractivity contribution in [3.63, 3.8) is 0 Å². The Morgan fingerprint density at radius 2 is 1.61 bits per heavy atom. The van der Waals surface area contributed by atoms with E-state index in [2.05, 4.69) is 12.2 Å². The molecule has 0 aliphatic carbocycles. The van der Waals surface area contributed by atoms with Gasteiger partial charge in [0.05, 0.1) is 21.3 Å². The van der Waals surface area contributed by atoms with Crippen LogP contribution >= 0.6 is 0 Å². The number of hydrogen-bond donors (Lipinski definition) is 1. The molecule has 1 aromatic carbocycles. The summed E-state index contributed by atoms with van der Waals surface area (Å²) < 4.78 is 16.1. The predicted octanol–water partition coefficient (Wildman–Crippen LogP) is 2.38. The Kier molecular flexibility index (Phi) is 3.97. The molecule has 2 rings (SSSR count). The molecular weight excluding hydrogens is 230 g/mol. The number of hydrogen-bond acceptors (Lipinski definition) is 4. The lowest BCUT2D eigenvalue weighted by atomic mass is 9.95. The minimum Gasteiger partial charge on any atom is -0.496 e. The van der Waals surface area contributed by atoms with Crippen molar-refractivity contribution in [3.05, 3.63) is 17.7 Å². The van der Waals surface area contributed by atoms with Gasteiger partial charge in [0.15, 0.2) is 11.5 Å². The smallest absolute Gasteiger partial charge is 0.164 e. The Hall–Kier alpha value is -1.42. The predicted molar refractivity (Wildman–Crippen MR) is 70.6 cm³/mol. The zero-order chi connectivity index (χ0) is 13.1. The largest absolute Gasteiger partial charge is 0.496 e. The van der Waals surface area contributed by atoms with E-state index in [0.717, 1.165) is 23.6 Å². The molecule has 1 aromatic rings. The van der Waals surface area contributed by atoms with Crippen LogP contribution in [0.1, 0.15) is 24.9 Å². The van der Waals surface area contributed by atoms with Crippen molar-refractivity contribution in [1.29, 1.82) is 0 Å². The molecular formula is C14H21NO3. The Balaban J connectivity index is 2.44. The molecule has 0 saturated carbocycles. The molecule has 1 heterocycles. The number of benzene rings is 1. The van der Waals surface area contributed by atoms with Crippen LogP contribution in [0.3, 0.4) is 0 Å². The van der Waals surface area contributed by atoms with Crippen molar-refractivity contribution >= 4 is 0 Å². The molecule has 1 aliphatic rings. The molecule has 4 nitrogen and oxygen atoms in total. The summed E-state index contributed by atoms with van der Waals surface area (Å²) in [4.78, 5) is 0. The van der Waals surface area contributed by atoms with Crippen LogP contribution < -0.4 is 19.5 Å². The highest BCUT2D eigenvalue weighted by Crippen LogP contribution is 2.41. The average molecular weight is 251 g/mol. The highest BCUT2D eigenvalue weighted by molar-refractivity contribution is 5.52. The standard InChI is InChI=1S/C14H21NO3/c1-9-5-6-15-14(9)10-7-12(17-3)13(18-4)8-11(10)16-2/h7-9,14-15H,5-6H2,1-4H3. The lowest BCUT2D eigenvalue weighted by Crippen LogP contribution is -2.17. The number of methoxy groups -OCH3 is 3. The summed E-state index contributed by atoms with van der Waals surface area (Å²) in [5, 5.41) is 3.51. The third-order valence-electron chi connectivity index (χ3n) is 3.60. The van der Waals surface area contributed by atoms with Crippen LogP contribution in [-0.2, 0) is 0 Å². The first kappa shape index (κ1) is 13.0. The summed E-state index contributed by atoms with van der Waals surface area (Å²) in [5.41, 5.74) is 1.14. The van der Waals surface area contributed by atoms with Crippen molar-refractivity contribution < 1.29 is 14.2 Å². The number of rotatable bonds is 4. The SMILES string of the molecule is COc1cc(OC)c(C2NCCC2C)cc1OC. The van der Waals surface area contributed by atoms with Gasteiger partial charge >= 0.3 is 0 Å². The van der Waals surface area contributed by atoms with Gasteiger partial charge in [-0.1, -0.05) is 6.92 Å². The first-order chi connectivity index (χ1) is 8.71. The summed E-state index contributed by atoms with van der Waals surface area (Å²) in [6.45, 7) is 3.30. The van der Waals surface area contributed by atoms with Crippen LogP contribution in [0, 0.1) is 5.92 Å². The minimum atomic E-state index is 0.319. The zero-order valence-electron chi connectivity index (χ0n) is 11.4. The zero-order valence-corrected chi connectivity index (χ0v) is 11.4. The molecule has 0 bridgehead atoms. The minimum absolute atomic E-state index is 0.319. The summed E-state index contributed by atoms with van der Waals surface area (Å²) in [7, 11) is 4.97. The van der Waals surface area contributed by atoms with Crippen LogP contribution in [0.2, 0.25) is 0 Å². The molecule has 2 atom stereocenters. The molecule has 0 spiro atoms. The van der Waals surface area contributed by atoms with Crippen molar-refractivity contribution in [2.75, 3.05) is 27.9 Å². The fourth-order valence-electron chi connectivity index (χ4n) is 2.55. The third-order valence-corrected chi connectivity index (χ3v) is 3.60. The van der Waals surface area contributed by atoms with Crippen molar-refractivity contribution in [1.82, 2.24) is 5.32 Å². The van der Waals surface area contributed by atoms with E-state index in [1.165, 1.54) is 6.42 Å². The summed E-state index contributed by atoms with van der Waals surface area (Å²) in [6, 6.07) is 4.22. The molecule has 0 aromatic heterocycles. The third kappa shape index (κ3) is 2.25. The summed E-state index contributed by atoms with van der Waals surface area (Å²) in [6.07, 6.45) is 1.18. The van der Waals surface area contributed by atoms with E-state index in [0.29, 0.717) is 17.7 Å². The second-order valence-corrected chi connectivity index (χ2v) is 4.65.